The Morgan fingerprint density at radius 3 is 1.81 bits per heavy atom. The number of carboxylic acids is 1. The number of rotatable bonds is 27. The zero-order valence-corrected chi connectivity index (χ0v) is 44.3. The van der Waals surface area contributed by atoms with Gasteiger partial charge in [-0.25, -0.2) is 9.78 Å². The molecule has 8 atom stereocenters. The Bertz CT molecular complexity index is 2790. The predicted octanol–water partition coefficient (Wildman–Crippen LogP) is 2.47. The number of aliphatic carboxylic acids is 1. The van der Waals surface area contributed by atoms with Crippen LogP contribution in [0, 0.1) is 11.8 Å². The molecule has 1 saturated heterocycles. The molecular formula is C54H67F3N12O10. The molecule has 6 rings (SSSR count). The summed E-state index contributed by atoms with van der Waals surface area (Å²) < 4.78 is 41.1. The molecule has 79 heavy (non-hydrogen) atoms. The maximum absolute atomic E-state index is 14.6. The summed E-state index contributed by atoms with van der Waals surface area (Å²) >= 11 is 0. The highest BCUT2D eigenvalue weighted by Gasteiger charge is 2.65. The maximum atomic E-state index is 14.6. The van der Waals surface area contributed by atoms with Gasteiger partial charge in [-0.3, -0.25) is 33.6 Å². The van der Waals surface area contributed by atoms with Crippen molar-refractivity contribution in [2.24, 2.45) is 22.1 Å². The van der Waals surface area contributed by atoms with Crippen molar-refractivity contribution in [3.05, 3.63) is 119 Å². The van der Waals surface area contributed by atoms with E-state index in [2.05, 4.69) is 57.4 Å². The van der Waals surface area contributed by atoms with E-state index < -0.39 is 113 Å². The smallest absolute Gasteiger partial charge is 0.442 e. The molecule has 4 aromatic rings. The molecule has 22 nitrogen and oxygen atoms in total. The maximum Gasteiger partial charge on any atom is 0.442 e. The average Bonchev–Trinajstić information content (AvgIpc) is 4.02. The van der Waals surface area contributed by atoms with Gasteiger partial charge in [0.15, 0.2) is 0 Å². The first-order valence-electron chi connectivity index (χ1n) is 25.9. The highest BCUT2D eigenvalue weighted by atomic mass is 19.4. The number of carbonyl (C=O) groups excluding carboxylic acids is 7. The molecule has 0 bridgehead atoms. The van der Waals surface area contributed by atoms with Crippen molar-refractivity contribution in [2.75, 3.05) is 20.1 Å². The van der Waals surface area contributed by atoms with Crippen molar-refractivity contribution in [1.29, 1.82) is 0 Å². The first-order chi connectivity index (χ1) is 37.5. The topological polar surface area (TPSA) is 318 Å². The van der Waals surface area contributed by atoms with Crippen LogP contribution in [-0.4, -0.2) is 141 Å². The number of nitrogens with zero attached hydrogens (tertiary/aromatic N) is 4. The minimum atomic E-state index is -4.77. The van der Waals surface area contributed by atoms with Gasteiger partial charge in [-0.1, -0.05) is 101 Å². The number of aromatic amines is 1. The number of amides is 7. The van der Waals surface area contributed by atoms with E-state index in [9.17, 15) is 61.7 Å². The van der Waals surface area contributed by atoms with E-state index in [1.807, 2.05) is 0 Å². The largest absolute Gasteiger partial charge is 0.508 e. The quantitative estimate of drug-likeness (QED) is 0.0412. The van der Waals surface area contributed by atoms with Crippen molar-refractivity contribution in [2.45, 2.75) is 127 Å². The Labute approximate surface area is 453 Å². The van der Waals surface area contributed by atoms with E-state index in [1.165, 1.54) is 73.0 Å². The standard InChI is InChI=1S/C54H67F3N12O10/c1-6-31(4)45(50(76)63-40(26-36-27-59-29-60-36)51(77)69-22-10-13-42(69)48(74)64-41(52(78)79)25-32-11-8-7-9-12-32)66-47(73)39(24-34-16-20-37(70)21-17-34)62-49(75)44(30(2)3)65-46(72)38(61-43(71)28-58-5)23-33-14-18-35(19-15-33)53(67-68-53)54(55,56)57/h7-9,11-12,14-21,27,29-31,38-42,44-45,58,70H,6,10,13,22-26,28H2,1-5H3,(H,59,60)(H,61,71)(H,62,75)(H,63,76)(H,64,74)(H,65,72)(H,66,73)(H,78,79)/t31-,38-,39-,40-,41-,42-,44-,45-/m0/s1. The van der Waals surface area contributed by atoms with Crippen LogP contribution in [0.15, 0.2) is 102 Å². The molecule has 0 unspecified atom stereocenters. The third kappa shape index (κ3) is 15.9. The molecule has 2 aliphatic heterocycles. The molecule has 3 heterocycles. The van der Waals surface area contributed by atoms with Gasteiger partial charge < -0.3 is 57.3 Å². The van der Waals surface area contributed by atoms with Crippen LogP contribution in [-0.2, 0) is 69.7 Å². The van der Waals surface area contributed by atoms with Crippen LogP contribution in [0.2, 0.25) is 0 Å². The highest BCUT2D eigenvalue weighted by molar-refractivity contribution is 5.98. The molecule has 1 fully saturated rings. The normalized spacial score (nSPS) is 17.2. The van der Waals surface area contributed by atoms with Crippen LogP contribution in [0.3, 0.4) is 0 Å². The van der Waals surface area contributed by atoms with E-state index >= 15 is 0 Å². The van der Waals surface area contributed by atoms with Crippen molar-refractivity contribution < 1.29 is 61.7 Å². The van der Waals surface area contributed by atoms with E-state index in [0.717, 1.165) is 0 Å². The van der Waals surface area contributed by atoms with Gasteiger partial charge in [0.05, 0.1) is 12.9 Å². The molecule has 2 aliphatic rings. The fourth-order valence-electron chi connectivity index (χ4n) is 9.15. The second-order valence-electron chi connectivity index (χ2n) is 20.1. The summed E-state index contributed by atoms with van der Waals surface area (Å²) in [5, 5.41) is 45.3. The lowest BCUT2D eigenvalue weighted by Crippen LogP contribution is -2.62. The third-order valence-electron chi connectivity index (χ3n) is 13.9. The zero-order chi connectivity index (χ0) is 57.6. The number of nitrogens with one attached hydrogen (secondary N) is 8. The monoisotopic (exact) mass is 1100 g/mol. The Kier molecular flexibility index (Phi) is 20.4. The zero-order valence-electron chi connectivity index (χ0n) is 44.3. The predicted molar refractivity (Wildman–Crippen MR) is 279 cm³/mol. The number of hydrogen-bond donors (Lipinski definition) is 10. The number of H-pyrrole nitrogens is 1. The second kappa shape index (κ2) is 26.9. The van der Waals surface area contributed by atoms with E-state index in [4.69, 9.17) is 0 Å². The molecule has 3 aromatic carbocycles. The lowest BCUT2D eigenvalue weighted by Gasteiger charge is -2.32. The number of alkyl halides is 3. The van der Waals surface area contributed by atoms with E-state index in [-0.39, 0.29) is 56.5 Å². The molecule has 25 heteroatoms. The minimum Gasteiger partial charge on any atom is -0.508 e. The van der Waals surface area contributed by atoms with Gasteiger partial charge in [0.1, 0.15) is 48.0 Å². The van der Waals surface area contributed by atoms with Gasteiger partial charge in [-0.05, 0) is 60.5 Å². The molecule has 10 N–H and O–H groups in total. The second-order valence-corrected chi connectivity index (χ2v) is 20.1. The van der Waals surface area contributed by atoms with Gasteiger partial charge in [0, 0.05) is 49.7 Å². The van der Waals surface area contributed by atoms with Crippen molar-refractivity contribution in [3.63, 3.8) is 0 Å². The van der Waals surface area contributed by atoms with Gasteiger partial charge >= 0.3 is 17.8 Å². The van der Waals surface area contributed by atoms with Crippen molar-refractivity contribution >= 4 is 47.3 Å². The molecule has 0 aliphatic carbocycles. The number of benzene rings is 3. The first kappa shape index (κ1) is 60.0. The Morgan fingerprint density at radius 2 is 1.27 bits per heavy atom. The van der Waals surface area contributed by atoms with Crippen LogP contribution in [0.5, 0.6) is 5.75 Å². The number of likely N-dealkylation sites (N-methyl/N-ethyl adjacent to an activating group) is 1. The number of aromatic hydroxyl groups is 1. The lowest BCUT2D eigenvalue weighted by molar-refractivity contribution is -0.166. The number of aromatic nitrogens is 2. The summed E-state index contributed by atoms with van der Waals surface area (Å²) in [6, 6.07) is 10.4. The number of halogens is 3. The summed E-state index contributed by atoms with van der Waals surface area (Å²) in [7, 11) is 1.50. The van der Waals surface area contributed by atoms with Gasteiger partial charge in [-0.2, -0.15) is 13.2 Å². The van der Waals surface area contributed by atoms with Crippen LogP contribution >= 0.6 is 0 Å². The van der Waals surface area contributed by atoms with Gasteiger partial charge in [0.25, 0.3) is 0 Å². The SMILES string of the molecule is CC[C@H](C)[C@H](NC(=O)[C@H](Cc1ccc(O)cc1)NC(=O)[C@@H](NC(=O)[C@H](Cc1ccc(C2(C(F)(F)F)N=N2)cc1)NC(=O)CNC)C(C)C)C(=O)N[C@@H](Cc1cnc[nH]1)C(=O)N1CCC[C@H]1C(=O)N[C@@H](Cc1ccccc1)C(=O)O. The number of phenolic OH excluding ortho intramolecular Hbond substituents is 1. The number of hydrogen-bond acceptors (Lipinski definition) is 13. The Hall–Kier alpha value is -8.22. The number of likely N-dealkylation sites (tertiary alicyclic amines) is 1. The molecule has 0 radical (unpaired) electrons. The van der Waals surface area contributed by atoms with E-state index in [1.54, 1.807) is 58.0 Å². The number of carboxylic acid groups (broad SMARTS) is 1. The molecular weight excluding hydrogens is 1030 g/mol. The summed E-state index contributed by atoms with van der Waals surface area (Å²) in [4.78, 5) is 120. The average molecular weight is 1100 g/mol. The summed E-state index contributed by atoms with van der Waals surface area (Å²) in [5.74, 6) is -7.80. The molecule has 424 valence electrons. The van der Waals surface area contributed by atoms with Crippen LogP contribution in [0.25, 0.3) is 0 Å². The van der Waals surface area contributed by atoms with Crippen LogP contribution < -0.4 is 37.2 Å². The number of imidazole rings is 1. The van der Waals surface area contributed by atoms with Gasteiger partial charge in [0.2, 0.25) is 41.4 Å². The van der Waals surface area contributed by atoms with Crippen molar-refractivity contribution in [3.8, 4) is 5.75 Å². The molecule has 0 spiro atoms. The summed E-state index contributed by atoms with van der Waals surface area (Å²) in [6.07, 6.45) is -1.49. The fraction of sp³-hybridized carbons (Fsp3) is 0.463. The fourth-order valence-corrected chi connectivity index (χ4v) is 9.15. The number of phenols is 1. The summed E-state index contributed by atoms with van der Waals surface area (Å²) in [6.45, 7) is 6.63. The van der Waals surface area contributed by atoms with Crippen LogP contribution in [0.4, 0.5) is 13.2 Å². The minimum absolute atomic E-state index is 0.00780. The Balaban J connectivity index is 1.20. The molecule has 1 aromatic heterocycles. The summed E-state index contributed by atoms with van der Waals surface area (Å²) in [5.41, 5.74) is -0.964. The lowest BCUT2D eigenvalue weighted by atomic mass is 9.96. The third-order valence-corrected chi connectivity index (χ3v) is 13.9. The van der Waals surface area contributed by atoms with Gasteiger partial charge in [-0.15, -0.1) is 10.2 Å². The first-order valence-corrected chi connectivity index (χ1v) is 25.9. The number of carbonyl (C=O) groups is 8. The highest BCUT2D eigenvalue weighted by Crippen LogP contribution is 2.52. The van der Waals surface area contributed by atoms with Crippen LogP contribution in [0.1, 0.15) is 74.9 Å². The Morgan fingerprint density at radius 1 is 0.709 bits per heavy atom. The molecule has 7 amide bonds. The molecule has 0 saturated carbocycles. The van der Waals surface area contributed by atoms with E-state index in [0.29, 0.717) is 35.2 Å². The van der Waals surface area contributed by atoms with Crippen molar-refractivity contribution in [1.82, 2.24) is 52.1 Å².